The predicted octanol–water partition coefficient (Wildman–Crippen LogP) is -1.08. The zero-order valence-corrected chi connectivity index (χ0v) is 18.0. The maximum Gasteiger partial charge on any atom is 0.333 e. The fourth-order valence-corrected chi connectivity index (χ4v) is 2.20. The summed E-state index contributed by atoms with van der Waals surface area (Å²) in [5.41, 5.74) is 0. The fraction of sp³-hybridized carbons (Fsp3) is 0.500. The van der Waals surface area contributed by atoms with Crippen LogP contribution in [0.4, 0.5) is 0 Å². The van der Waals surface area contributed by atoms with E-state index in [4.69, 9.17) is 9.47 Å². The molecule has 0 aromatic carbocycles. The lowest BCUT2D eigenvalue weighted by atomic mass is 10.3. The lowest BCUT2D eigenvalue weighted by molar-refractivity contribution is -0.170. The first-order chi connectivity index (χ1) is 15.3. The number of carbonyl (C=O) groups excluding carboxylic acids is 6. The number of carbonyl (C=O) groups is 6. The average Bonchev–Trinajstić information content (AvgIpc) is 2.74. The minimum Gasteiger partial charge on any atom is -0.429 e. The fourth-order valence-electron chi connectivity index (χ4n) is 2.20. The zero-order valence-electron chi connectivity index (χ0n) is 18.0. The van der Waals surface area contributed by atoms with Gasteiger partial charge in [0.25, 0.3) is 24.3 Å². The Bertz CT molecular complexity index is 714. The van der Waals surface area contributed by atoms with Crippen LogP contribution in [0.25, 0.3) is 0 Å². The van der Waals surface area contributed by atoms with E-state index in [-0.39, 0.29) is 0 Å². The Kier molecular flexibility index (Phi) is 11.8. The molecule has 4 amide bonds. The Morgan fingerprint density at radius 1 is 0.750 bits per heavy atom. The monoisotopic (exact) mass is 452 g/mol. The SMILES string of the molecule is CCCCNC(=O)/C=C/C(=O)OC1NC(=O)C(OC(=O)/C=C/C(=O)NCCCC)NC1=O. The number of hydrogen-bond acceptors (Lipinski definition) is 8. The highest BCUT2D eigenvalue weighted by Crippen LogP contribution is 2.03. The van der Waals surface area contributed by atoms with Gasteiger partial charge in [-0.15, -0.1) is 0 Å². The molecule has 0 aromatic rings. The van der Waals surface area contributed by atoms with Crippen LogP contribution in [0.15, 0.2) is 24.3 Å². The molecule has 0 saturated carbocycles. The molecule has 1 saturated heterocycles. The summed E-state index contributed by atoms with van der Waals surface area (Å²) in [6, 6.07) is 0. The van der Waals surface area contributed by atoms with Crippen LogP contribution < -0.4 is 21.3 Å². The van der Waals surface area contributed by atoms with Gasteiger partial charge in [-0.05, 0) is 12.8 Å². The van der Waals surface area contributed by atoms with Crippen LogP contribution in [0.1, 0.15) is 39.5 Å². The molecule has 12 heteroatoms. The van der Waals surface area contributed by atoms with Gasteiger partial charge in [0, 0.05) is 37.4 Å². The van der Waals surface area contributed by atoms with E-state index in [1.54, 1.807) is 0 Å². The Labute approximate surface area is 185 Å². The molecule has 2 unspecified atom stereocenters. The molecule has 1 fully saturated rings. The van der Waals surface area contributed by atoms with Crippen molar-refractivity contribution in [2.45, 2.75) is 52.0 Å². The van der Waals surface area contributed by atoms with Crippen molar-refractivity contribution in [3.05, 3.63) is 24.3 Å². The summed E-state index contributed by atoms with van der Waals surface area (Å²) >= 11 is 0. The quantitative estimate of drug-likeness (QED) is 0.165. The number of amides is 4. The Morgan fingerprint density at radius 3 is 1.47 bits per heavy atom. The van der Waals surface area contributed by atoms with Crippen molar-refractivity contribution in [1.29, 1.82) is 0 Å². The molecular weight excluding hydrogens is 424 g/mol. The number of esters is 2. The maximum atomic E-state index is 12.0. The number of unbranched alkanes of at least 4 members (excludes halogenated alkanes) is 2. The second-order valence-corrected chi connectivity index (χ2v) is 6.61. The van der Waals surface area contributed by atoms with Gasteiger partial charge in [0.05, 0.1) is 0 Å². The molecular formula is C20H28N4O8. The number of piperazine rings is 1. The smallest absolute Gasteiger partial charge is 0.333 e. The zero-order chi connectivity index (χ0) is 23.9. The lowest BCUT2D eigenvalue weighted by Gasteiger charge is -2.27. The Hall–Kier alpha value is -3.70. The first-order valence-electron chi connectivity index (χ1n) is 10.2. The minimum absolute atomic E-state index is 0.453. The molecule has 1 aliphatic rings. The van der Waals surface area contributed by atoms with Crippen LogP contribution in [0.5, 0.6) is 0 Å². The van der Waals surface area contributed by atoms with E-state index in [1.165, 1.54) is 0 Å². The molecule has 1 heterocycles. The van der Waals surface area contributed by atoms with Crippen molar-refractivity contribution >= 4 is 35.6 Å². The number of hydrogen-bond donors (Lipinski definition) is 4. The Balaban J connectivity index is 2.47. The summed E-state index contributed by atoms with van der Waals surface area (Å²) in [6.07, 6.45) is 3.51. The molecule has 32 heavy (non-hydrogen) atoms. The number of ether oxygens (including phenoxy) is 2. The molecule has 0 aliphatic carbocycles. The summed E-state index contributed by atoms with van der Waals surface area (Å²) in [5, 5.41) is 9.25. The van der Waals surface area contributed by atoms with Gasteiger partial charge in [-0.25, -0.2) is 9.59 Å². The van der Waals surface area contributed by atoms with Gasteiger partial charge < -0.3 is 30.7 Å². The normalized spacial score (nSPS) is 18.1. The summed E-state index contributed by atoms with van der Waals surface area (Å²) in [6.45, 7) is 4.82. The van der Waals surface area contributed by atoms with E-state index >= 15 is 0 Å². The third-order valence-corrected chi connectivity index (χ3v) is 3.89. The first kappa shape index (κ1) is 26.3. The van der Waals surface area contributed by atoms with E-state index in [0.717, 1.165) is 50.0 Å². The first-order valence-corrected chi connectivity index (χ1v) is 10.2. The molecule has 4 N–H and O–H groups in total. The summed E-state index contributed by atoms with van der Waals surface area (Å²) in [7, 11) is 0. The number of rotatable bonds is 12. The molecule has 1 aliphatic heterocycles. The highest BCUT2D eigenvalue weighted by atomic mass is 16.6. The summed E-state index contributed by atoms with van der Waals surface area (Å²) in [5.74, 6) is -4.99. The van der Waals surface area contributed by atoms with Crippen molar-refractivity contribution in [2.75, 3.05) is 13.1 Å². The molecule has 0 aromatic heterocycles. The van der Waals surface area contributed by atoms with Crippen LogP contribution in [-0.2, 0) is 38.2 Å². The highest BCUT2D eigenvalue weighted by molar-refractivity contribution is 6.00. The molecule has 0 spiro atoms. The Morgan fingerprint density at radius 2 is 1.12 bits per heavy atom. The molecule has 2 atom stereocenters. The van der Waals surface area contributed by atoms with E-state index in [2.05, 4.69) is 21.3 Å². The predicted molar refractivity (Wildman–Crippen MR) is 110 cm³/mol. The lowest BCUT2D eigenvalue weighted by Crippen LogP contribution is -2.63. The van der Waals surface area contributed by atoms with Crippen molar-refractivity contribution in [3.8, 4) is 0 Å². The van der Waals surface area contributed by atoms with Crippen LogP contribution in [0.3, 0.4) is 0 Å². The third kappa shape index (κ3) is 10.4. The van der Waals surface area contributed by atoms with Gasteiger partial charge in [0.2, 0.25) is 11.8 Å². The van der Waals surface area contributed by atoms with Gasteiger partial charge in [-0.2, -0.15) is 0 Å². The van der Waals surface area contributed by atoms with E-state index in [9.17, 15) is 28.8 Å². The molecule has 1 rings (SSSR count). The maximum absolute atomic E-state index is 12.0. The van der Waals surface area contributed by atoms with Gasteiger partial charge in [0.1, 0.15) is 0 Å². The minimum atomic E-state index is -1.67. The molecule has 176 valence electrons. The van der Waals surface area contributed by atoms with E-state index in [1.807, 2.05) is 13.8 Å². The van der Waals surface area contributed by atoms with Crippen LogP contribution in [0, 0.1) is 0 Å². The van der Waals surface area contributed by atoms with E-state index < -0.39 is 48.0 Å². The largest absolute Gasteiger partial charge is 0.429 e. The summed E-state index contributed by atoms with van der Waals surface area (Å²) in [4.78, 5) is 70.5. The van der Waals surface area contributed by atoms with Gasteiger partial charge in [0.15, 0.2) is 0 Å². The van der Waals surface area contributed by atoms with Gasteiger partial charge >= 0.3 is 11.9 Å². The van der Waals surface area contributed by atoms with E-state index in [0.29, 0.717) is 13.1 Å². The van der Waals surface area contributed by atoms with Crippen molar-refractivity contribution in [3.63, 3.8) is 0 Å². The van der Waals surface area contributed by atoms with Crippen molar-refractivity contribution < 1.29 is 38.2 Å². The van der Waals surface area contributed by atoms with Crippen molar-refractivity contribution in [2.24, 2.45) is 0 Å². The standard InChI is InChI=1S/C20H28N4O8/c1-3-5-11-21-13(25)7-9-15(27)31-19-17(29)24-20(18(30)23-19)32-16(28)10-8-14(26)22-12-6-4-2/h7-10,19-20H,3-6,11-12H2,1-2H3,(H,21,25)(H,22,26)(H,23,30)(H,24,29)/b9-7+,10-8+. The van der Waals surface area contributed by atoms with Crippen molar-refractivity contribution in [1.82, 2.24) is 21.3 Å². The molecule has 0 radical (unpaired) electrons. The topological polar surface area (TPSA) is 169 Å². The van der Waals surface area contributed by atoms with Gasteiger partial charge in [-0.3, -0.25) is 19.2 Å². The third-order valence-electron chi connectivity index (χ3n) is 3.89. The van der Waals surface area contributed by atoms with Gasteiger partial charge in [-0.1, -0.05) is 26.7 Å². The number of nitrogens with one attached hydrogen (secondary N) is 4. The average molecular weight is 452 g/mol. The second kappa shape index (κ2) is 14.3. The molecule has 0 bridgehead atoms. The van der Waals surface area contributed by atoms with Crippen LogP contribution in [0.2, 0.25) is 0 Å². The highest BCUT2D eigenvalue weighted by Gasteiger charge is 2.37. The molecule has 12 nitrogen and oxygen atoms in total. The second-order valence-electron chi connectivity index (χ2n) is 6.61. The van der Waals surface area contributed by atoms with Crippen LogP contribution >= 0.6 is 0 Å². The van der Waals surface area contributed by atoms with Crippen LogP contribution in [-0.4, -0.2) is 61.1 Å². The summed E-state index contributed by atoms with van der Waals surface area (Å²) < 4.78 is 9.54.